The molecule has 0 radical (unpaired) electrons. The second-order valence-corrected chi connectivity index (χ2v) is 5.63. The molecule has 2 aliphatic heterocycles. The summed E-state index contributed by atoms with van der Waals surface area (Å²) in [5, 5.41) is 11.0. The van der Waals surface area contributed by atoms with Gasteiger partial charge in [0.15, 0.2) is 0 Å². The smallest absolute Gasteiger partial charge is 0.416 e. The fourth-order valence-electron chi connectivity index (χ4n) is 3.34. The van der Waals surface area contributed by atoms with Crippen LogP contribution in [0.15, 0.2) is 18.2 Å². The molecule has 2 atom stereocenters. The summed E-state index contributed by atoms with van der Waals surface area (Å²) >= 11 is 0. The van der Waals surface area contributed by atoms with E-state index >= 15 is 0 Å². The molecule has 3 rings (SSSR count). The highest BCUT2D eigenvalue weighted by Crippen LogP contribution is 2.40. The van der Waals surface area contributed by atoms with Crippen molar-refractivity contribution in [2.24, 2.45) is 0 Å². The molecule has 0 aliphatic carbocycles. The van der Waals surface area contributed by atoms with E-state index in [-0.39, 0.29) is 25.2 Å². The molecule has 0 spiro atoms. The zero-order valence-corrected chi connectivity index (χ0v) is 11.4. The van der Waals surface area contributed by atoms with Crippen molar-refractivity contribution >= 4 is 11.8 Å². The Kier molecular flexibility index (Phi) is 3.04. The van der Waals surface area contributed by atoms with Crippen molar-refractivity contribution < 1.29 is 23.1 Å². The molecule has 1 aromatic rings. The number of carboxylic acid groups (broad SMARTS) is 1. The molecule has 114 valence electrons. The fourth-order valence-corrected chi connectivity index (χ4v) is 3.34. The minimum Gasteiger partial charge on any atom is -0.530 e. The maximum atomic E-state index is 12.8. The fraction of sp³-hybridized carbons (Fsp3) is 0.500. The molecular formula is C14H14F3N2O2-. The van der Waals surface area contributed by atoms with E-state index in [1.165, 1.54) is 17.0 Å². The maximum absolute atomic E-state index is 12.8. The van der Waals surface area contributed by atoms with Crippen LogP contribution in [-0.2, 0) is 12.6 Å². The number of carbonyl (C=O) groups is 1. The molecule has 4 nitrogen and oxygen atoms in total. The van der Waals surface area contributed by atoms with Gasteiger partial charge in [0.25, 0.3) is 0 Å². The Balaban J connectivity index is 1.94. The summed E-state index contributed by atoms with van der Waals surface area (Å²) in [6, 6.07) is 3.45. The van der Waals surface area contributed by atoms with Gasteiger partial charge in [-0.15, -0.1) is 0 Å². The molecule has 7 heteroatoms. The van der Waals surface area contributed by atoms with Crippen molar-refractivity contribution in [3.8, 4) is 0 Å². The highest BCUT2D eigenvalue weighted by molar-refractivity contribution is 5.67. The Morgan fingerprint density at radius 3 is 2.67 bits per heavy atom. The largest absolute Gasteiger partial charge is 0.530 e. The first-order valence-corrected chi connectivity index (χ1v) is 6.71. The van der Waals surface area contributed by atoms with E-state index in [1.807, 2.05) is 11.8 Å². The van der Waals surface area contributed by atoms with E-state index in [0.29, 0.717) is 12.1 Å². The zero-order chi connectivity index (χ0) is 15.4. The van der Waals surface area contributed by atoms with Gasteiger partial charge in [-0.1, -0.05) is 6.07 Å². The summed E-state index contributed by atoms with van der Waals surface area (Å²) in [6.07, 6.45) is -5.04. The number of rotatable bonds is 0. The average molecular weight is 299 g/mol. The van der Waals surface area contributed by atoms with Crippen LogP contribution in [0.4, 0.5) is 23.7 Å². The van der Waals surface area contributed by atoms with Crippen LogP contribution >= 0.6 is 0 Å². The summed E-state index contributed by atoms with van der Waals surface area (Å²) in [7, 11) is 0. The third-order valence-electron chi connectivity index (χ3n) is 4.19. The van der Waals surface area contributed by atoms with Gasteiger partial charge in [0.2, 0.25) is 0 Å². The van der Waals surface area contributed by atoms with Crippen molar-refractivity contribution in [3.05, 3.63) is 29.3 Å². The number of benzene rings is 1. The molecule has 0 saturated carbocycles. The van der Waals surface area contributed by atoms with Crippen LogP contribution in [0.3, 0.4) is 0 Å². The van der Waals surface area contributed by atoms with Crippen molar-refractivity contribution in [2.45, 2.75) is 31.6 Å². The lowest BCUT2D eigenvalue weighted by Gasteiger charge is -2.45. The van der Waals surface area contributed by atoms with E-state index < -0.39 is 17.8 Å². The van der Waals surface area contributed by atoms with Gasteiger partial charge in [-0.2, -0.15) is 13.2 Å². The predicted octanol–water partition coefficient (Wildman–Crippen LogP) is 1.48. The standard InChI is InChI=1S/C14H15F3N2O2/c1-8-6-18(13(20)21)7-11-4-9-2-3-10(14(15,16)17)5-12(9)19(8)11/h2-3,5,8,11H,4,6-7H2,1H3,(H,20,21)/p-1/t8-,11+/m1/s1. The van der Waals surface area contributed by atoms with Gasteiger partial charge in [0, 0.05) is 24.8 Å². The van der Waals surface area contributed by atoms with Crippen LogP contribution in [0, 0.1) is 0 Å². The second-order valence-electron chi connectivity index (χ2n) is 5.63. The Morgan fingerprint density at radius 2 is 2.05 bits per heavy atom. The van der Waals surface area contributed by atoms with Crippen LogP contribution in [0.5, 0.6) is 0 Å². The topological polar surface area (TPSA) is 46.6 Å². The number of hydrogen-bond acceptors (Lipinski definition) is 3. The molecule has 21 heavy (non-hydrogen) atoms. The number of hydrogen-bond donors (Lipinski definition) is 0. The van der Waals surface area contributed by atoms with Crippen molar-refractivity contribution in [3.63, 3.8) is 0 Å². The third-order valence-corrected chi connectivity index (χ3v) is 4.19. The Hall–Kier alpha value is -1.92. The number of nitrogens with zero attached hydrogens (tertiary/aromatic N) is 2. The monoisotopic (exact) mass is 299 g/mol. The summed E-state index contributed by atoms with van der Waals surface area (Å²) in [5.41, 5.74) is 0.733. The normalized spacial score (nSPS) is 24.8. The van der Waals surface area contributed by atoms with E-state index in [2.05, 4.69) is 0 Å². The molecule has 0 aromatic heterocycles. The molecule has 1 aromatic carbocycles. The molecule has 1 amide bonds. The highest BCUT2D eigenvalue weighted by Gasteiger charge is 2.40. The number of alkyl halides is 3. The van der Waals surface area contributed by atoms with Crippen LogP contribution in [-0.4, -0.2) is 36.2 Å². The van der Waals surface area contributed by atoms with Crippen molar-refractivity contribution in [2.75, 3.05) is 18.0 Å². The van der Waals surface area contributed by atoms with Gasteiger partial charge in [0.05, 0.1) is 11.6 Å². The quantitative estimate of drug-likeness (QED) is 0.729. The average Bonchev–Trinajstić information content (AvgIpc) is 2.75. The van der Waals surface area contributed by atoms with Crippen LogP contribution in [0.25, 0.3) is 0 Å². The number of carbonyl (C=O) groups excluding carboxylic acids is 1. The first-order chi connectivity index (χ1) is 9.77. The van der Waals surface area contributed by atoms with Crippen molar-refractivity contribution in [1.82, 2.24) is 4.90 Å². The van der Waals surface area contributed by atoms with Gasteiger partial charge in [0.1, 0.15) is 6.09 Å². The Morgan fingerprint density at radius 1 is 1.33 bits per heavy atom. The Labute approximate surface area is 119 Å². The van der Waals surface area contributed by atoms with Gasteiger partial charge in [-0.3, -0.25) is 0 Å². The van der Waals surface area contributed by atoms with Gasteiger partial charge in [-0.05, 0) is 31.0 Å². The van der Waals surface area contributed by atoms with Crippen LogP contribution < -0.4 is 10.0 Å². The second kappa shape index (κ2) is 4.54. The maximum Gasteiger partial charge on any atom is 0.416 e. The number of piperazine rings is 1. The number of halogens is 3. The lowest BCUT2D eigenvalue weighted by Crippen LogP contribution is -2.60. The van der Waals surface area contributed by atoms with E-state index in [0.717, 1.165) is 11.6 Å². The summed E-state index contributed by atoms with van der Waals surface area (Å²) in [6.45, 7) is 2.33. The molecule has 0 unspecified atom stereocenters. The predicted molar refractivity (Wildman–Crippen MR) is 67.8 cm³/mol. The number of amides is 1. The number of anilines is 1. The first-order valence-electron chi connectivity index (χ1n) is 6.71. The van der Waals surface area contributed by atoms with E-state index in [4.69, 9.17) is 0 Å². The van der Waals surface area contributed by atoms with Crippen LogP contribution in [0.1, 0.15) is 18.1 Å². The summed E-state index contributed by atoms with van der Waals surface area (Å²) < 4.78 is 38.5. The minimum atomic E-state index is -4.37. The molecule has 0 bridgehead atoms. The van der Waals surface area contributed by atoms with Gasteiger partial charge >= 0.3 is 6.18 Å². The summed E-state index contributed by atoms with van der Waals surface area (Å²) in [4.78, 5) is 14.1. The molecule has 1 fully saturated rings. The van der Waals surface area contributed by atoms with Crippen molar-refractivity contribution in [1.29, 1.82) is 0 Å². The van der Waals surface area contributed by atoms with E-state index in [9.17, 15) is 23.1 Å². The third kappa shape index (κ3) is 2.30. The first kappa shape index (κ1) is 14.0. The van der Waals surface area contributed by atoms with Crippen LogP contribution in [0.2, 0.25) is 0 Å². The highest BCUT2D eigenvalue weighted by atomic mass is 19.4. The molecule has 2 aliphatic rings. The Bertz CT molecular complexity index is 588. The van der Waals surface area contributed by atoms with Gasteiger partial charge < -0.3 is 19.7 Å². The SMILES string of the molecule is C[C@@H]1CN(C(=O)[O-])C[C@@H]2Cc3ccc(C(F)(F)F)cc3N21. The van der Waals surface area contributed by atoms with E-state index in [1.54, 1.807) is 0 Å². The number of fused-ring (bicyclic) bond motifs is 3. The molecule has 1 saturated heterocycles. The molecule has 0 N–H and O–H groups in total. The molecule has 2 heterocycles. The van der Waals surface area contributed by atoms with Gasteiger partial charge in [-0.25, -0.2) is 0 Å². The minimum absolute atomic E-state index is 0.120. The lowest BCUT2D eigenvalue weighted by molar-refractivity contribution is -0.266. The summed E-state index contributed by atoms with van der Waals surface area (Å²) in [5.74, 6) is 0. The zero-order valence-electron chi connectivity index (χ0n) is 11.4. The molecular weight excluding hydrogens is 285 g/mol. The lowest BCUT2D eigenvalue weighted by atomic mass is 10.1.